The molecule has 0 spiro atoms. The molecule has 0 saturated carbocycles. The van der Waals surface area contributed by atoms with E-state index in [1.54, 1.807) is 0 Å². The van der Waals surface area contributed by atoms with Gasteiger partial charge in [0.05, 0.1) is 0 Å². The Hall–Kier alpha value is -2.36. The Morgan fingerprint density at radius 2 is 1.67 bits per heavy atom. The number of fused-ring (bicyclic) bond motifs is 1. The molecule has 10 heteroatoms. The number of rotatable bonds is 6. The van der Waals surface area contributed by atoms with Crippen LogP contribution >= 0.6 is 35.1 Å². The van der Waals surface area contributed by atoms with Gasteiger partial charge in [-0.05, 0) is 45.7 Å². The third kappa shape index (κ3) is 4.68. The molecule has 0 bridgehead atoms. The molecule has 0 aliphatic carbocycles. The fourth-order valence-corrected chi connectivity index (χ4v) is 4.05. The summed E-state index contributed by atoms with van der Waals surface area (Å²) in [5.41, 5.74) is 3.09. The molecule has 4 rings (SSSR count). The van der Waals surface area contributed by atoms with Gasteiger partial charge in [-0.1, -0.05) is 53.3 Å². The fraction of sp³-hybridized carbons (Fsp3) is 0.118. The summed E-state index contributed by atoms with van der Waals surface area (Å²) < 4.78 is 4.70. The van der Waals surface area contributed by atoms with Crippen molar-refractivity contribution in [2.24, 2.45) is 0 Å². The minimum Gasteiger partial charge on any atom is -0.285 e. The number of nitrogens with one attached hydrogen (secondary N) is 1. The normalized spacial score (nSPS) is 11.1. The number of hydrogen-bond donors (Lipinski definition) is 1. The number of aromatic nitrogens is 5. The highest BCUT2D eigenvalue weighted by molar-refractivity contribution is 7.99. The van der Waals surface area contributed by atoms with Crippen LogP contribution in [0.25, 0.3) is 11.0 Å². The Morgan fingerprint density at radius 3 is 2.52 bits per heavy atom. The third-order valence-electron chi connectivity index (χ3n) is 3.58. The number of benzene rings is 2. The van der Waals surface area contributed by atoms with E-state index in [2.05, 4.69) is 25.3 Å². The number of nitrogens with zero attached hydrogens (tertiary/aromatic N) is 4. The van der Waals surface area contributed by atoms with Gasteiger partial charge in [0.25, 0.3) is 0 Å². The molecular weight excluding hydrogens is 406 g/mol. The Bertz CT molecular complexity index is 1130. The maximum atomic E-state index is 11.8. The maximum absolute atomic E-state index is 11.8. The number of aromatic amines is 1. The van der Waals surface area contributed by atoms with Gasteiger partial charge < -0.3 is 0 Å². The zero-order chi connectivity index (χ0) is 18.6. The van der Waals surface area contributed by atoms with E-state index in [0.717, 1.165) is 11.1 Å². The van der Waals surface area contributed by atoms with Crippen LogP contribution in [0, 0.1) is 0 Å². The molecular formula is C17H12ClN5O2S2. The largest absolute Gasteiger partial charge is 0.349 e. The zero-order valence-electron chi connectivity index (χ0n) is 13.8. The highest BCUT2D eigenvalue weighted by atomic mass is 35.5. The molecule has 2 heterocycles. The predicted octanol–water partition coefficient (Wildman–Crippen LogP) is 3.94. The molecule has 4 aromatic rings. The summed E-state index contributed by atoms with van der Waals surface area (Å²) in [4.78, 5) is 22.9. The Balaban J connectivity index is 1.43. The summed E-state index contributed by atoms with van der Waals surface area (Å²) >= 11 is 8.71. The van der Waals surface area contributed by atoms with Crippen molar-refractivity contribution < 1.29 is 4.63 Å². The topological polar surface area (TPSA) is 97.6 Å². The van der Waals surface area contributed by atoms with Crippen LogP contribution in [0.4, 0.5) is 0 Å². The molecule has 0 amide bonds. The standard InChI is InChI=1S/C17H12ClN5O2S2/c18-12-4-1-10(2-5-12)8-26-16-19-15(24)20-17(21-16)27-9-11-3-6-13-14(7-11)23-25-22-13/h1-7H,8-9H2,(H,19,20,21,24). The van der Waals surface area contributed by atoms with Crippen molar-refractivity contribution in [1.29, 1.82) is 0 Å². The highest BCUT2D eigenvalue weighted by Gasteiger charge is 2.07. The molecule has 0 radical (unpaired) electrons. The van der Waals surface area contributed by atoms with Gasteiger partial charge in [-0.3, -0.25) is 4.98 Å². The van der Waals surface area contributed by atoms with Crippen molar-refractivity contribution >= 4 is 46.2 Å². The summed E-state index contributed by atoms with van der Waals surface area (Å²) in [6, 6.07) is 13.2. The summed E-state index contributed by atoms with van der Waals surface area (Å²) in [5, 5.41) is 9.26. The number of halogens is 1. The van der Waals surface area contributed by atoms with Crippen molar-refractivity contribution in [2.75, 3.05) is 0 Å². The van der Waals surface area contributed by atoms with Crippen molar-refractivity contribution in [2.45, 2.75) is 21.8 Å². The summed E-state index contributed by atoms with van der Waals surface area (Å²) in [5.74, 6) is 1.28. The number of thioether (sulfide) groups is 2. The van der Waals surface area contributed by atoms with Crippen LogP contribution in [0.5, 0.6) is 0 Å². The van der Waals surface area contributed by atoms with Gasteiger partial charge in [-0.15, -0.1) is 0 Å². The van der Waals surface area contributed by atoms with E-state index in [1.165, 1.54) is 23.5 Å². The van der Waals surface area contributed by atoms with E-state index in [9.17, 15) is 4.79 Å². The van der Waals surface area contributed by atoms with Gasteiger partial charge in [0.1, 0.15) is 11.0 Å². The van der Waals surface area contributed by atoms with Crippen LogP contribution < -0.4 is 5.69 Å². The summed E-state index contributed by atoms with van der Waals surface area (Å²) in [7, 11) is 0. The number of hydrogen-bond acceptors (Lipinski definition) is 8. The van der Waals surface area contributed by atoms with Crippen LogP contribution in [0.3, 0.4) is 0 Å². The van der Waals surface area contributed by atoms with Crippen LogP contribution in [-0.4, -0.2) is 25.3 Å². The molecule has 136 valence electrons. The van der Waals surface area contributed by atoms with Gasteiger partial charge in [0, 0.05) is 16.5 Å². The lowest BCUT2D eigenvalue weighted by atomic mass is 10.2. The lowest BCUT2D eigenvalue weighted by molar-refractivity contribution is 0.315. The van der Waals surface area contributed by atoms with Gasteiger partial charge in [-0.25, -0.2) is 9.42 Å². The lowest BCUT2D eigenvalue weighted by Crippen LogP contribution is -2.13. The molecule has 0 saturated heterocycles. The molecule has 0 aliphatic rings. The van der Waals surface area contributed by atoms with E-state index in [-0.39, 0.29) is 0 Å². The SMILES string of the molecule is O=c1nc(SCc2ccc3nonc3c2)nc(SCc2ccc(Cl)cc2)[nH]1. The monoisotopic (exact) mass is 417 g/mol. The molecule has 27 heavy (non-hydrogen) atoms. The predicted molar refractivity (Wildman–Crippen MR) is 105 cm³/mol. The van der Waals surface area contributed by atoms with E-state index in [4.69, 9.17) is 16.2 Å². The first-order valence-electron chi connectivity index (χ1n) is 7.85. The third-order valence-corrected chi connectivity index (χ3v) is 5.70. The van der Waals surface area contributed by atoms with Gasteiger partial charge in [0.15, 0.2) is 10.3 Å². The van der Waals surface area contributed by atoms with Gasteiger partial charge in [0.2, 0.25) is 0 Å². The van der Waals surface area contributed by atoms with E-state index in [1.807, 2.05) is 42.5 Å². The zero-order valence-corrected chi connectivity index (χ0v) is 16.1. The van der Waals surface area contributed by atoms with Crippen LogP contribution in [0.15, 0.2) is 62.2 Å². The average Bonchev–Trinajstić information content (AvgIpc) is 3.13. The average molecular weight is 418 g/mol. The van der Waals surface area contributed by atoms with Gasteiger partial charge in [-0.2, -0.15) is 9.97 Å². The lowest BCUT2D eigenvalue weighted by Gasteiger charge is -2.04. The van der Waals surface area contributed by atoms with Crippen molar-refractivity contribution in [3.05, 3.63) is 69.1 Å². The van der Waals surface area contributed by atoms with Crippen LogP contribution in [0.2, 0.25) is 5.02 Å². The summed E-state index contributed by atoms with van der Waals surface area (Å²) in [6.45, 7) is 0. The van der Waals surface area contributed by atoms with Crippen molar-refractivity contribution in [3.8, 4) is 0 Å². The Kier molecular flexibility index (Phi) is 5.42. The van der Waals surface area contributed by atoms with Crippen LogP contribution in [0.1, 0.15) is 11.1 Å². The molecule has 0 aliphatic heterocycles. The molecule has 0 fully saturated rings. The first-order chi connectivity index (χ1) is 13.2. The molecule has 0 unspecified atom stereocenters. The van der Waals surface area contributed by atoms with Gasteiger partial charge >= 0.3 is 5.69 Å². The van der Waals surface area contributed by atoms with E-state index >= 15 is 0 Å². The van der Waals surface area contributed by atoms with E-state index < -0.39 is 5.69 Å². The molecule has 7 nitrogen and oxygen atoms in total. The first kappa shape index (κ1) is 18.0. The minimum atomic E-state index is -0.415. The van der Waals surface area contributed by atoms with Crippen molar-refractivity contribution in [1.82, 2.24) is 25.3 Å². The highest BCUT2D eigenvalue weighted by Crippen LogP contribution is 2.24. The maximum Gasteiger partial charge on any atom is 0.349 e. The number of H-pyrrole nitrogens is 1. The Morgan fingerprint density at radius 1 is 0.926 bits per heavy atom. The van der Waals surface area contributed by atoms with E-state index in [0.29, 0.717) is 37.9 Å². The second kappa shape index (κ2) is 8.12. The quantitative estimate of drug-likeness (QED) is 0.471. The fourth-order valence-electron chi connectivity index (χ4n) is 2.28. The minimum absolute atomic E-state index is 0.415. The second-order valence-electron chi connectivity index (χ2n) is 5.53. The van der Waals surface area contributed by atoms with Crippen molar-refractivity contribution in [3.63, 3.8) is 0 Å². The molecule has 2 aromatic heterocycles. The molecule has 2 aromatic carbocycles. The summed E-state index contributed by atoms with van der Waals surface area (Å²) in [6.07, 6.45) is 0. The first-order valence-corrected chi connectivity index (χ1v) is 10.2. The van der Waals surface area contributed by atoms with Crippen LogP contribution in [-0.2, 0) is 11.5 Å². The molecule has 0 atom stereocenters. The second-order valence-corrected chi connectivity index (χ2v) is 7.88. The smallest absolute Gasteiger partial charge is 0.285 e. The molecule has 1 N–H and O–H groups in total. The Labute approximate surface area is 166 Å².